The first-order valence-electron chi connectivity index (χ1n) is 12.7. The van der Waals surface area contributed by atoms with Crippen LogP contribution in [0.4, 0.5) is 23.7 Å². The lowest BCUT2D eigenvalue weighted by Crippen LogP contribution is -2.50. The Morgan fingerprint density at radius 2 is 1.95 bits per heavy atom. The van der Waals surface area contributed by atoms with Crippen LogP contribution in [0.15, 0.2) is 61.1 Å². The number of nitrogens with zero attached hydrogens (tertiary/aromatic N) is 4. The molecule has 2 N–H and O–H groups in total. The third-order valence-electron chi connectivity index (χ3n) is 6.78. The fraction of sp³-hybridized carbons (Fsp3) is 0.357. The number of likely N-dealkylation sites (N-methyl/N-ethyl adjacent to an activating group) is 1. The number of aliphatic hydroxyl groups is 1. The van der Waals surface area contributed by atoms with Crippen LogP contribution in [0.3, 0.4) is 0 Å². The predicted molar refractivity (Wildman–Crippen MR) is 142 cm³/mol. The Morgan fingerprint density at radius 1 is 1.23 bits per heavy atom. The van der Waals surface area contributed by atoms with E-state index >= 15 is 0 Å². The van der Waals surface area contributed by atoms with E-state index in [0.717, 1.165) is 17.7 Å². The van der Waals surface area contributed by atoms with E-state index in [1.165, 1.54) is 24.1 Å². The first-order valence-corrected chi connectivity index (χ1v) is 12.7. The second-order valence-electron chi connectivity index (χ2n) is 9.83. The Kier molecular flexibility index (Phi) is 8.58. The number of hydrogen-bond donors (Lipinski definition) is 2. The minimum Gasteiger partial charge on any atom is -0.472 e. The summed E-state index contributed by atoms with van der Waals surface area (Å²) in [6, 6.07) is 8.41. The number of ether oxygens (including phenoxy) is 1. The number of carbonyl (C=O) groups excluding carboxylic acids is 2. The summed E-state index contributed by atoms with van der Waals surface area (Å²) in [5.74, 6) is -0.512. The number of pyridine rings is 2. The van der Waals surface area contributed by atoms with E-state index in [1.807, 2.05) is 13.0 Å². The highest BCUT2D eigenvalue weighted by atomic mass is 19.4. The molecule has 0 unspecified atom stereocenters. The highest BCUT2D eigenvalue weighted by Gasteiger charge is 2.35. The Balaban J connectivity index is 1.57. The molecule has 0 saturated heterocycles. The quantitative estimate of drug-likeness (QED) is 0.461. The maximum absolute atomic E-state index is 13.6. The fourth-order valence-electron chi connectivity index (χ4n) is 4.33. The summed E-state index contributed by atoms with van der Waals surface area (Å²) in [6.07, 6.45) is -0.203. The van der Waals surface area contributed by atoms with Crippen molar-refractivity contribution in [1.82, 2.24) is 19.8 Å². The number of hydrogen-bond acceptors (Lipinski definition) is 6. The van der Waals surface area contributed by atoms with Crippen LogP contribution in [0, 0.1) is 5.92 Å². The summed E-state index contributed by atoms with van der Waals surface area (Å²) in [5.41, 5.74) is 1.04. The molecule has 3 atom stereocenters. The molecule has 12 heteroatoms. The van der Waals surface area contributed by atoms with Crippen molar-refractivity contribution in [3.8, 4) is 17.0 Å². The number of benzene rings is 1. The van der Waals surface area contributed by atoms with Crippen LogP contribution < -0.4 is 10.1 Å². The third-order valence-corrected chi connectivity index (χ3v) is 6.78. The molecule has 1 aromatic carbocycles. The van der Waals surface area contributed by atoms with Gasteiger partial charge in [0.2, 0.25) is 5.88 Å². The van der Waals surface area contributed by atoms with Gasteiger partial charge in [0.25, 0.3) is 5.91 Å². The van der Waals surface area contributed by atoms with Crippen molar-refractivity contribution in [2.24, 2.45) is 5.92 Å². The molecule has 1 aliphatic rings. The van der Waals surface area contributed by atoms with Gasteiger partial charge in [-0.3, -0.25) is 9.78 Å². The van der Waals surface area contributed by atoms with E-state index in [9.17, 15) is 27.9 Å². The lowest BCUT2D eigenvalue weighted by atomic mass is 9.99. The van der Waals surface area contributed by atoms with Crippen molar-refractivity contribution < 1.29 is 32.6 Å². The lowest BCUT2D eigenvalue weighted by Gasteiger charge is -2.37. The van der Waals surface area contributed by atoms with Crippen molar-refractivity contribution in [1.29, 1.82) is 0 Å². The molecule has 0 spiro atoms. The van der Waals surface area contributed by atoms with Crippen molar-refractivity contribution in [3.05, 3.63) is 72.2 Å². The molecule has 3 heterocycles. The first-order chi connectivity index (χ1) is 19.0. The Labute approximate surface area is 229 Å². The average Bonchev–Trinajstić information content (AvgIpc) is 2.94. The number of carbonyl (C=O) groups is 2. The van der Waals surface area contributed by atoms with Gasteiger partial charge in [0.1, 0.15) is 11.7 Å². The lowest BCUT2D eigenvalue weighted by molar-refractivity contribution is -0.137. The maximum Gasteiger partial charge on any atom is 0.416 e. The van der Waals surface area contributed by atoms with Crippen LogP contribution in [0.2, 0.25) is 0 Å². The van der Waals surface area contributed by atoms with Crippen LogP contribution in [0.25, 0.3) is 11.1 Å². The van der Waals surface area contributed by atoms with Gasteiger partial charge in [-0.1, -0.05) is 13.0 Å². The zero-order chi connectivity index (χ0) is 29.0. The SMILES string of the molecule is C[C@H]1CN([C@@H](C)CO)C(=O)c2cc(-c3cccnc3)cnc2O[C@@H]1CN(C)C(=O)Nc1ccc(C(F)(F)F)cc1. The summed E-state index contributed by atoms with van der Waals surface area (Å²) in [4.78, 5) is 37.9. The number of halogens is 3. The predicted octanol–water partition coefficient (Wildman–Crippen LogP) is 4.55. The molecule has 4 rings (SSSR count). The number of urea groups is 1. The smallest absolute Gasteiger partial charge is 0.416 e. The summed E-state index contributed by atoms with van der Waals surface area (Å²) in [7, 11) is 1.54. The van der Waals surface area contributed by atoms with Crippen LogP contribution in [0.1, 0.15) is 29.8 Å². The molecular weight excluding hydrogens is 527 g/mol. The summed E-state index contributed by atoms with van der Waals surface area (Å²) >= 11 is 0. The molecule has 0 aliphatic carbocycles. The summed E-state index contributed by atoms with van der Waals surface area (Å²) in [6.45, 7) is 3.70. The molecule has 0 radical (unpaired) electrons. The average molecular weight is 558 g/mol. The van der Waals surface area contributed by atoms with Crippen molar-refractivity contribution in [2.75, 3.05) is 32.1 Å². The zero-order valence-corrected chi connectivity index (χ0v) is 22.2. The van der Waals surface area contributed by atoms with Gasteiger partial charge in [0.15, 0.2) is 0 Å². The van der Waals surface area contributed by atoms with E-state index in [4.69, 9.17) is 4.74 Å². The van der Waals surface area contributed by atoms with Gasteiger partial charge in [0.05, 0.1) is 24.8 Å². The third kappa shape index (κ3) is 6.50. The number of nitrogens with one attached hydrogen (secondary N) is 1. The first kappa shape index (κ1) is 28.8. The molecule has 0 fully saturated rings. The maximum atomic E-state index is 13.6. The Morgan fingerprint density at radius 3 is 2.58 bits per heavy atom. The minimum absolute atomic E-state index is 0.0919. The molecule has 0 saturated carbocycles. The van der Waals surface area contributed by atoms with Crippen LogP contribution in [0.5, 0.6) is 5.88 Å². The monoisotopic (exact) mass is 557 g/mol. The molecule has 2 aromatic heterocycles. The van der Waals surface area contributed by atoms with E-state index < -0.39 is 29.9 Å². The second-order valence-corrected chi connectivity index (χ2v) is 9.83. The van der Waals surface area contributed by atoms with Gasteiger partial charge < -0.3 is 25.0 Å². The summed E-state index contributed by atoms with van der Waals surface area (Å²) in [5, 5.41) is 12.4. The van der Waals surface area contributed by atoms with Gasteiger partial charge in [-0.25, -0.2) is 9.78 Å². The van der Waals surface area contributed by atoms with Gasteiger partial charge in [-0.15, -0.1) is 0 Å². The van der Waals surface area contributed by atoms with Gasteiger partial charge >= 0.3 is 12.2 Å². The van der Waals surface area contributed by atoms with Gasteiger partial charge in [0, 0.05) is 54.9 Å². The fourth-order valence-corrected chi connectivity index (χ4v) is 4.33. The number of fused-ring (bicyclic) bond motifs is 1. The second kappa shape index (κ2) is 11.9. The van der Waals surface area contributed by atoms with Gasteiger partial charge in [-0.05, 0) is 43.3 Å². The van der Waals surface area contributed by atoms with Gasteiger partial charge in [-0.2, -0.15) is 13.2 Å². The molecule has 212 valence electrons. The van der Waals surface area contributed by atoms with Crippen LogP contribution in [-0.2, 0) is 6.18 Å². The van der Waals surface area contributed by atoms with E-state index in [1.54, 1.807) is 42.5 Å². The van der Waals surface area contributed by atoms with Crippen LogP contribution >= 0.6 is 0 Å². The Hall–Kier alpha value is -4.19. The highest BCUT2D eigenvalue weighted by Crippen LogP contribution is 2.31. The largest absolute Gasteiger partial charge is 0.472 e. The standard InChI is InChI=1S/C28H30F3N5O4/c1-17-14-36(18(2)16-37)26(38)23-11-20(19-5-4-10-32-12-19)13-33-25(23)40-24(17)15-35(3)27(39)34-22-8-6-21(7-9-22)28(29,30)31/h4-13,17-18,24,37H,14-16H2,1-3H3,(H,34,39)/t17-,18-,24+/m0/s1. The van der Waals surface area contributed by atoms with Crippen molar-refractivity contribution in [3.63, 3.8) is 0 Å². The number of anilines is 1. The molecule has 1 aliphatic heterocycles. The van der Waals surface area contributed by atoms with E-state index in [2.05, 4.69) is 15.3 Å². The Bertz CT molecular complexity index is 1340. The molecule has 9 nitrogen and oxygen atoms in total. The molecule has 3 aromatic rings. The van der Waals surface area contributed by atoms with Crippen molar-refractivity contribution >= 4 is 17.6 Å². The number of amides is 3. The highest BCUT2D eigenvalue weighted by molar-refractivity contribution is 5.98. The van der Waals surface area contributed by atoms with E-state index in [0.29, 0.717) is 5.56 Å². The van der Waals surface area contributed by atoms with Crippen molar-refractivity contribution in [2.45, 2.75) is 32.2 Å². The number of alkyl halides is 3. The number of aliphatic hydroxyl groups excluding tert-OH is 1. The minimum atomic E-state index is -4.48. The zero-order valence-electron chi connectivity index (χ0n) is 22.2. The molecule has 3 amide bonds. The van der Waals surface area contributed by atoms with Crippen LogP contribution in [-0.4, -0.2) is 75.7 Å². The summed E-state index contributed by atoms with van der Waals surface area (Å²) < 4.78 is 44.8. The number of rotatable bonds is 6. The molecule has 0 bridgehead atoms. The topological polar surface area (TPSA) is 108 Å². The van der Waals surface area contributed by atoms with E-state index in [-0.39, 0.29) is 48.7 Å². The normalized spacial score (nSPS) is 18.2. The number of aromatic nitrogens is 2. The molecule has 40 heavy (non-hydrogen) atoms. The molecular formula is C28H30F3N5O4.